The average molecular weight is 499 g/mol. The fourth-order valence-electron chi connectivity index (χ4n) is 4.62. The van der Waals surface area contributed by atoms with Crippen molar-refractivity contribution >= 4 is 38.9 Å². The summed E-state index contributed by atoms with van der Waals surface area (Å²) in [5, 5.41) is 10.8. The number of nitrogens with one attached hydrogen (secondary N) is 2. The van der Waals surface area contributed by atoms with Crippen molar-refractivity contribution in [2.45, 2.75) is 37.2 Å². The maximum absolute atomic E-state index is 12.7. The molecule has 0 aromatic carbocycles. The van der Waals surface area contributed by atoms with E-state index < -0.39 is 9.84 Å². The third-order valence-electron chi connectivity index (χ3n) is 6.12. The third kappa shape index (κ3) is 5.24. The molecule has 3 saturated heterocycles. The molecule has 2 aromatic heterocycles. The van der Waals surface area contributed by atoms with Crippen molar-refractivity contribution in [2.24, 2.45) is 13.0 Å². The van der Waals surface area contributed by atoms with Gasteiger partial charge in [-0.15, -0.1) is 0 Å². The minimum absolute atomic E-state index is 0.0359. The number of halogens is 1. The molecule has 5 atom stereocenters. The van der Waals surface area contributed by atoms with E-state index in [2.05, 4.69) is 25.7 Å². The predicted octanol–water partition coefficient (Wildman–Crippen LogP) is 1.40. The highest BCUT2D eigenvalue weighted by molar-refractivity contribution is 7.91. The van der Waals surface area contributed by atoms with Crippen LogP contribution in [-0.4, -0.2) is 83.8 Å². The molecule has 11 nitrogen and oxygen atoms in total. The van der Waals surface area contributed by atoms with Crippen LogP contribution in [0.25, 0.3) is 0 Å². The number of hydrogen-bond acceptors (Lipinski definition) is 10. The van der Waals surface area contributed by atoms with E-state index in [1.807, 2.05) is 7.05 Å². The van der Waals surface area contributed by atoms with Crippen molar-refractivity contribution < 1.29 is 22.6 Å². The summed E-state index contributed by atoms with van der Waals surface area (Å²) in [6.45, 7) is 1.34. The standard InChI is InChI=1S/C20H27ClN6O5S/c1-27-7-13(5-23-27)24-20-22-6-15(21)19(26-20)25-16-9-32-17-12(8-31-18(16)17)10-33(28,29)11-14-3-2-4-30-14/h5-7,12,14,16-18H,2-4,8-11H2,1H3,(H2,22,24,25,26)/t12-,14?,16-,17?,18?/m1/s1. The molecule has 0 aliphatic carbocycles. The van der Waals surface area contributed by atoms with E-state index in [0.717, 1.165) is 18.5 Å². The van der Waals surface area contributed by atoms with Gasteiger partial charge in [-0.05, 0) is 12.8 Å². The Hall–Kier alpha value is -1.99. The molecule has 3 fully saturated rings. The lowest BCUT2D eigenvalue weighted by Gasteiger charge is -2.19. The first-order valence-corrected chi connectivity index (χ1v) is 13.2. The van der Waals surface area contributed by atoms with E-state index in [9.17, 15) is 8.42 Å². The van der Waals surface area contributed by atoms with Crippen molar-refractivity contribution in [1.82, 2.24) is 19.7 Å². The number of rotatable bonds is 8. The number of aryl methyl sites for hydroxylation is 1. The highest BCUT2D eigenvalue weighted by Gasteiger charge is 2.49. The molecular weight excluding hydrogens is 472 g/mol. The summed E-state index contributed by atoms with van der Waals surface area (Å²) in [5.74, 6) is 0.707. The maximum Gasteiger partial charge on any atom is 0.229 e. The molecular formula is C20H27ClN6O5S. The van der Waals surface area contributed by atoms with Crippen LogP contribution >= 0.6 is 11.6 Å². The number of sulfone groups is 1. The third-order valence-corrected chi connectivity index (χ3v) is 8.21. The van der Waals surface area contributed by atoms with Crippen LogP contribution in [0.2, 0.25) is 5.02 Å². The minimum Gasteiger partial charge on any atom is -0.377 e. The molecule has 5 rings (SSSR count). The van der Waals surface area contributed by atoms with Gasteiger partial charge in [-0.3, -0.25) is 4.68 Å². The summed E-state index contributed by atoms with van der Waals surface area (Å²) in [7, 11) is -1.45. The van der Waals surface area contributed by atoms with Gasteiger partial charge >= 0.3 is 0 Å². The van der Waals surface area contributed by atoms with Crippen LogP contribution in [-0.2, 0) is 31.1 Å². The van der Waals surface area contributed by atoms with Crippen molar-refractivity contribution in [1.29, 1.82) is 0 Å². The molecule has 3 unspecified atom stereocenters. The van der Waals surface area contributed by atoms with E-state index in [0.29, 0.717) is 36.6 Å². The van der Waals surface area contributed by atoms with Gasteiger partial charge in [0.15, 0.2) is 15.7 Å². The van der Waals surface area contributed by atoms with Crippen LogP contribution < -0.4 is 10.6 Å². The topological polar surface area (TPSA) is 129 Å². The zero-order valence-electron chi connectivity index (χ0n) is 18.2. The smallest absolute Gasteiger partial charge is 0.229 e. The van der Waals surface area contributed by atoms with Crippen molar-refractivity contribution in [3.05, 3.63) is 23.6 Å². The highest BCUT2D eigenvalue weighted by atomic mass is 35.5. The van der Waals surface area contributed by atoms with Crippen LogP contribution in [0.5, 0.6) is 0 Å². The number of ether oxygens (including phenoxy) is 3. The Morgan fingerprint density at radius 1 is 1.18 bits per heavy atom. The molecule has 0 radical (unpaired) electrons. The normalized spacial score (nSPS) is 29.3. The molecule has 3 aliphatic heterocycles. The summed E-state index contributed by atoms with van der Waals surface area (Å²) >= 11 is 6.32. The van der Waals surface area contributed by atoms with E-state index >= 15 is 0 Å². The number of hydrogen-bond donors (Lipinski definition) is 2. The Kier molecular flexibility index (Phi) is 6.45. The SMILES string of the molecule is Cn1cc(Nc2ncc(Cl)c(N[C@@H]3COC4C3OC[C@@H]4CS(=O)(=O)CC3CCCO3)n2)cn1. The fourth-order valence-corrected chi connectivity index (χ4v) is 6.67. The second-order valence-corrected chi connectivity index (χ2v) is 11.3. The minimum atomic E-state index is -3.27. The van der Waals surface area contributed by atoms with E-state index in [-0.39, 0.29) is 41.8 Å². The highest BCUT2D eigenvalue weighted by Crippen LogP contribution is 2.34. The van der Waals surface area contributed by atoms with Gasteiger partial charge in [0.25, 0.3) is 0 Å². The molecule has 0 amide bonds. The molecule has 5 heterocycles. The Morgan fingerprint density at radius 3 is 2.79 bits per heavy atom. The van der Waals surface area contributed by atoms with Gasteiger partial charge in [0.2, 0.25) is 5.95 Å². The zero-order valence-corrected chi connectivity index (χ0v) is 19.8. The molecule has 2 aromatic rings. The Bertz CT molecular complexity index is 1090. The van der Waals surface area contributed by atoms with Gasteiger partial charge < -0.3 is 24.8 Å². The number of fused-ring (bicyclic) bond motifs is 1. The van der Waals surface area contributed by atoms with Crippen LogP contribution in [0.3, 0.4) is 0 Å². The van der Waals surface area contributed by atoms with E-state index in [1.165, 1.54) is 6.20 Å². The largest absolute Gasteiger partial charge is 0.377 e. The first-order chi connectivity index (χ1) is 15.9. The summed E-state index contributed by atoms with van der Waals surface area (Å²) in [5.41, 5.74) is 0.751. The second-order valence-electron chi connectivity index (χ2n) is 8.74. The lowest BCUT2D eigenvalue weighted by molar-refractivity contribution is 0.0655. The quantitative estimate of drug-likeness (QED) is 0.550. The summed E-state index contributed by atoms with van der Waals surface area (Å²) in [4.78, 5) is 8.68. The number of anilines is 3. The molecule has 33 heavy (non-hydrogen) atoms. The van der Waals surface area contributed by atoms with Crippen LogP contribution in [0.15, 0.2) is 18.6 Å². The van der Waals surface area contributed by atoms with Gasteiger partial charge in [0.05, 0.1) is 61.1 Å². The van der Waals surface area contributed by atoms with Gasteiger partial charge in [-0.25, -0.2) is 13.4 Å². The second kappa shape index (κ2) is 9.34. The molecule has 2 N–H and O–H groups in total. The van der Waals surface area contributed by atoms with Gasteiger partial charge in [0, 0.05) is 25.8 Å². The van der Waals surface area contributed by atoms with Gasteiger partial charge in [-0.1, -0.05) is 11.6 Å². The molecule has 0 saturated carbocycles. The first kappa shape index (κ1) is 22.8. The average Bonchev–Trinajstić information content (AvgIpc) is 3.54. The first-order valence-electron chi connectivity index (χ1n) is 11.0. The predicted molar refractivity (Wildman–Crippen MR) is 122 cm³/mol. The van der Waals surface area contributed by atoms with Gasteiger partial charge in [-0.2, -0.15) is 10.1 Å². The Morgan fingerprint density at radius 2 is 2.03 bits per heavy atom. The van der Waals surface area contributed by atoms with Crippen LogP contribution in [0, 0.1) is 5.92 Å². The zero-order chi connectivity index (χ0) is 23.0. The lowest BCUT2D eigenvalue weighted by Crippen LogP contribution is -2.37. The molecule has 0 bridgehead atoms. The van der Waals surface area contributed by atoms with Crippen molar-refractivity contribution in [3.63, 3.8) is 0 Å². The summed E-state index contributed by atoms with van der Waals surface area (Å²) in [6.07, 6.45) is 5.93. The molecule has 13 heteroatoms. The molecule has 3 aliphatic rings. The molecule has 0 spiro atoms. The Labute approximate surface area is 197 Å². The van der Waals surface area contributed by atoms with Crippen molar-refractivity contribution in [2.75, 3.05) is 42.0 Å². The van der Waals surface area contributed by atoms with Crippen molar-refractivity contribution in [3.8, 4) is 0 Å². The van der Waals surface area contributed by atoms with E-state index in [4.69, 9.17) is 25.8 Å². The van der Waals surface area contributed by atoms with Crippen LogP contribution in [0.1, 0.15) is 12.8 Å². The summed E-state index contributed by atoms with van der Waals surface area (Å²) in [6, 6.07) is -0.209. The molecule has 180 valence electrons. The summed E-state index contributed by atoms with van der Waals surface area (Å²) < 4.78 is 44.5. The van der Waals surface area contributed by atoms with E-state index in [1.54, 1.807) is 17.1 Å². The number of nitrogens with zero attached hydrogens (tertiary/aromatic N) is 4. The van der Waals surface area contributed by atoms with Gasteiger partial charge in [0.1, 0.15) is 11.1 Å². The maximum atomic E-state index is 12.7. The monoisotopic (exact) mass is 498 g/mol. The number of aromatic nitrogens is 4. The Balaban J connectivity index is 1.21. The fraction of sp³-hybridized carbons (Fsp3) is 0.650. The lowest BCUT2D eigenvalue weighted by atomic mass is 10.0. The van der Waals surface area contributed by atoms with Crippen LogP contribution in [0.4, 0.5) is 17.5 Å².